The Morgan fingerprint density at radius 2 is 1.68 bits per heavy atom. The van der Waals surface area contributed by atoms with Crippen molar-refractivity contribution in [2.24, 2.45) is 5.92 Å². The predicted octanol–water partition coefficient (Wildman–Crippen LogP) is 8.03. The molecule has 8 heteroatoms. The molecule has 6 nitrogen and oxygen atoms in total. The summed E-state index contributed by atoms with van der Waals surface area (Å²) in [5.74, 6) is 0.0556. The van der Waals surface area contributed by atoms with Gasteiger partial charge in [0.15, 0.2) is 0 Å². The number of fused-ring (bicyclic) bond motifs is 1. The second-order valence-electron chi connectivity index (χ2n) is 11.1. The van der Waals surface area contributed by atoms with E-state index in [0.29, 0.717) is 42.2 Å². The second-order valence-corrected chi connectivity index (χ2v) is 11.1. The van der Waals surface area contributed by atoms with Gasteiger partial charge in [0.25, 0.3) is 5.91 Å². The zero-order valence-corrected chi connectivity index (χ0v) is 24.5. The topological polar surface area (TPSA) is 61.4 Å². The number of nitrogens with one attached hydrogen (secondary N) is 1. The van der Waals surface area contributed by atoms with Gasteiger partial charge in [0.05, 0.1) is 5.52 Å². The van der Waals surface area contributed by atoms with Crippen LogP contribution in [0.3, 0.4) is 0 Å². The van der Waals surface area contributed by atoms with Crippen molar-refractivity contribution in [3.8, 4) is 0 Å². The highest BCUT2D eigenvalue weighted by atomic mass is 19.1. The van der Waals surface area contributed by atoms with E-state index in [4.69, 9.17) is 0 Å². The first-order chi connectivity index (χ1) is 21.4. The molecule has 1 saturated heterocycles. The number of rotatable bonds is 8. The third-order valence-corrected chi connectivity index (χ3v) is 8.21. The maximum atomic E-state index is 14.0. The van der Waals surface area contributed by atoms with E-state index < -0.39 is 0 Å². The first-order valence-electron chi connectivity index (χ1n) is 14.7. The number of piperidine rings is 1. The molecule has 0 saturated carbocycles. The summed E-state index contributed by atoms with van der Waals surface area (Å²) in [7, 11) is 0. The molecule has 1 aliphatic heterocycles. The maximum absolute atomic E-state index is 14.0. The van der Waals surface area contributed by atoms with Crippen LogP contribution in [0.25, 0.3) is 10.9 Å². The van der Waals surface area contributed by atoms with Crippen molar-refractivity contribution in [3.63, 3.8) is 0 Å². The van der Waals surface area contributed by atoms with E-state index in [1.54, 1.807) is 36.4 Å². The Morgan fingerprint density at radius 1 is 0.932 bits per heavy atom. The number of hydrogen-bond acceptors (Lipinski definition) is 5. The Kier molecular flexibility index (Phi) is 8.32. The molecule has 1 amide bonds. The summed E-state index contributed by atoms with van der Waals surface area (Å²) in [6.45, 7) is 8.28. The summed E-state index contributed by atoms with van der Waals surface area (Å²) >= 11 is 0. The highest BCUT2D eigenvalue weighted by molar-refractivity contribution is 6.00. The largest absolute Gasteiger partial charge is 0.341 e. The number of carbonyl (C=O) groups is 1. The van der Waals surface area contributed by atoms with Crippen LogP contribution in [0.2, 0.25) is 0 Å². The minimum atomic E-state index is -0.344. The number of benzene rings is 4. The van der Waals surface area contributed by atoms with Crippen molar-refractivity contribution in [1.82, 2.24) is 14.9 Å². The number of amides is 1. The molecule has 0 spiro atoms. The van der Waals surface area contributed by atoms with Gasteiger partial charge in [-0.3, -0.25) is 4.79 Å². The van der Waals surface area contributed by atoms with E-state index in [9.17, 15) is 13.6 Å². The fourth-order valence-electron chi connectivity index (χ4n) is 5.84. The average Bonchev–Trinajstić information content (AvgIpc) is 3.03. The van der Waals surface area contributed by atoms with Crippen LogP contribution in [-0.2, 0) is 6.54 Å². The Labute approximate surface area is 255 Å². The standard InChI is InChI=1S/C36H33F2N5O/c1-24-7-3-4-12-34(24)43(22-26-8-5-9-29(37)19-26)25(2)27-15-17-42(18-16-27)36(44)28-13-14-32-33(20-28)39-23-40-35(32)41-31-11-6-10-30(38)21-31/h3-14,19-21,23,27H,2,15-18,22H2,1H3,(H,39,40,41). The van der Waals surface area contributed by atoms with Gasteiger partial charge < -0.3 is 15.1 Å². The third-order valence-electron chi connectivity index (χ3n) is 8.21. The first-order valence-corrected chi connectivity index (χ1v) is 14.7. The van der Waals surface area contributed by atoms with Crippen LogP contribution in [0.1, 0.15) is 34.3 Å². The van der Waals surface area contributed by atoms with E-state index in [2.05, 4.69) is 45.8 Å². The van der Waals surface area contributed by atoms with Gasteiger partial charge in [-0.2, -0.15) is 0 Å². The Bertz CT molecular complexity index is 1830. The number of likely N-dealkylation sites (tertiary alicyclic amines) is 1. The highest BCUT2D eigenvalue weighted by Gasteiger charge is 2.28. The Balaban J connectivity index is 1.15. The molecule has 1 fully saturated rings. The minimum absolute atomic E-state index is 0.0512. The number of nitrogens with zero attached hydrogens (tertiary/aromatic N) is 4. The van der Waals surface area contributed by atoms with Crippen molar-refractivity contribution in [2.45, 2.75) is 26.3 Å². The van der Waals surface area contributed by atoms with Crippen molar-refractivity contribution >= 4 is 34.0 Å². The van der Waals surface area contributed by atoms with Crippen molar-refractivity contribution < 1.29 is 13.6 Å². The Hall–Kier alpha value is -5.11. The van der Waals surface area contributed by atoms with Gasteiger partial charge in [-0.25, -0.2) is 18.7 Å². The van der Waals surface area contributed by atoms with Crippen LogP contribution in [-0.4, -0.2) is 33.9 Å². The molecule has 1 aliphatic rings. The molecule has 1 aromatic heterocycles. The van der Waals surface area contributed by atoms with Crippen molar-refractivity contribution in [1.29, 1.82) is 0 Å². The second kappa shape index (κ2) is 12.6. The van der Waals surface area contributed by atoms with Crippen LogP contribution < -0.4 is 10.2 Å². The van der Waals surface area contributed by atoms with Crippen LogP contribution in [0.4, 0.5) is 26.0 Å². The quantitative estimate of drug-likeness (QED) is 0.199. The number of hydrogen-bond donors (Lipinski definition) is 1. The summed E-state index contributed by atoms with van der Waals surface area (Å²) in [5.41, 5.74) is 5.76. The van der Waals surface area contributed by atoms with Crippen LogP contribution in [0.15, 0.2) is 110 Å². The number of anilines is 3. The molecule has 4 aromatic carbocycles. The highest BCUT2D eigenvalue weighted by Crippen LogP contribution is 2.33. The molecule has 222 valence electrons. The van der Waals surface area contributed by atoms with E-state index >= 15 is 0 Å². The third kappa shape index (κ3) is 6.29. The minimum Gasteiger partial charge on any atom is -0.341 e. The molecule has 0 unspecified atom stereocenters. The smallest absolute Gasteiger partial charge is 0.253 e. The first kappa shape index (κ1) is 29.0. The van der Waals surface area contributed by atoms with E-state index in [0.717, 1.165) is 40.7 Å². The van der Waals surface area contributed by atoms with Crippen LogP contribution in [0.5, 0.6) is 0 Å². The summed E-state index contributed by atoms with van der Waals surface area (Å²) in [4.78, 5) is 26.3. The van der Waals surface area contributed by atoms with E-state index in [1.807, 2.05) is 29.2 Å². The van der Waals surface area contributed by atoms with Gasteiger partial charge in [0, 0.05) is 53.6 Å². The number of aromatic nitrogens is 2. The monoisotopic (exact) mass is 589 g/mol. The van der Waals surface area contributed by atoms with Gasteiger partial charge >= 0.3 is 0 Å². The van der Waals surface area contributed by atoms with Gasteiger partial charge in [-0.05, 0) is 85.5 Å². The van der Waals surface area contributed by atoms with Gasteiger partial charge in [-0.1, -0.05) is 43.0 Å². The average molecular weight is 590 g/mol. The molecular formula is C36H33F2N5O. The molecule has 0 atom stereocenters. The normalized spacial score (nSPS) is 13.6. The van der Waals surface area contributed by atoms with Crippen LogP contribution >= 0.6 is 0 Å². The molecule has 0 aliphatic carbocycles. The lowest BCUT2D eigenvalue weighted by Crippen LogP contribution is -2.40. The molecular weight excluding hydrogens is 556 g/mol. The fraction of sp³-hybridized carbons (Fsp3) is 0.194. The Morgan fingerprint density at radius 3 is 2.43 bits per heavy atom. The number of halogens is 2. The van der Waals surface area contributed by atoms with Crippen molar-refractivity contribution in [2.75, 3.05) is 23.3 Å². The summed E-state index contributed by atoms with van der Waals surface area (Å²) < 4.78 is 27.7. The number of para-hydroxylation sites is 1. The summed E-state index contributed by atoms with van der Waals surface area (Å²) in [6, 6.07) is 26.4. The fourth-order valence-corrected chi connectivity index (χ4v) is 5.84. The van der Waals surface area contributed by atoms with Gasteiger partial charge in [0.2, 0.25) is 0 Å². The molecule has 0 radical (unpaired) electrons. The zero-order valence-electron chi connectivity index (χ0n) is 24.5. The lowest BCUT2D eigenvalue weighted by Gasteiger charge is -2.38. The lowest BCUT2D eigenvalue weighted by molar-refractivity contribution is 0.0701. The number of allylic oxidation sites excluding steroid dienone is 1. The summed E-state index contributed by atoms with van der Waals surface area (Å²) in [6.07, 6.45) is 2.97. The number of carbonyl (C=O) groups excluding carboxylic acids is 1. The van der Waals surface area contributed by atoms with E-state index in [1.165, 1.54) is 24.5 Å². The van der Waals surface area contributed by atoms with Crippen LogP contribution in [0, 0.1) is 24.5 Å². The number of aryl methyl sites for hydroxylation is 1. The molecule has 5 aromatic rings. The molecule has 44 heavy (non-hydrogen) atoms. The molecule has 0 bridgehead atoms. The molecule has 6 rings (SSSR count). The summed E-state index contributed by atoms with van der Waals surface area (Å²) in [5, 5.41) is 3.87. The van der Waals surface area contributed by atoms with E-state index in [-0.39, 0.29) is 23.5 Å². The molecule has 2 heterocycles. The SMILES string of the molecule is C=C(C1CCN(C(=O)c2ccc3c(Nc4cccc(F)c4)ncnc3c2)CC1)N(Cc1cccc(F)c1)c1ccccc1C. The lowest BCUT2D eigenvalue weighted by atomic mass is 9.92. The predicted molar refractivity (Wildman–Crippen MR) is 171 cm³/mol. The maximum Gasteiger partial charge on any atom is 0.253 e. The molecule has 1 N–H and O–H groups in total. The zero-order chi connectivity index (χ0) is 30.6. The van der Waals surface area contributed by atoms with Gasteiger partial charge in [0.1, 0.15) is 23.8 Å². The van der Waals surface area contributed by atoms with Crippen molar-refractivity contribution in [3.05, 3.63) is 138 Å². The van der Waals surface area contributed by atoms with Gasteiger partial charge in [-0.15, -0.1) is 0 Å².